The molecule has 0 atom stereocenters. The first-order chi connectivity index (χ1) is 7.36. The molecule has 2 heteroatoms. The summed E-state index contributed by atoms with van der Waals surface area (Å²) in [6, 6.07) is 3.57. The van der Waals surface area contributed by atoms with Crippen molar-refractivity contribution in [1.82, 2.24) is 0 Å². The van der Waals surface area contributed by atoms with Gasteiger partial charge in [-0.25, -0.2) is 0 Å². The number of aromatic hydroxyl groups is 1. The molecule has 90 valence electrons. The molecule has 0 spiro atoms. The van der Waals surface area contributed by atoms with Crippen molar-refractivity contribution >= 4 is 5.69 Å². The van der Waals surface area contributed by atoms with Gasteiger partial charge in [0.25, 0.3) is 0 Å². The summed E-state index contributed by atoms with van der Waals surface area (Å²) < 4.78 is 0. The van der Waals surface area contributed by atoms with Crippen LogP contribution in [0.15, 0.2) is 12.1 Å². The minimum absolute atomic E-state index is 0.0240. The van der Waals surface area contributed by atoms with Crippen molar-refractivity contribution in [3.8, 4) is 5.75 Å². The van der Waals surface area contributed by atoms with Gasteiger partial charge in [-0.15, -0.1) is 0 Å². The topological polar surface area (TPSA) is 46.2 Å². The van der Waals surface area contributed by atoms with Crippen molar-refractivity contribution in [2.24, 2.45) is 0 Å². The van der Waals surface area contributed by atoms with Gasteiger partial charge >= 0.3 is 0 Å². The molecular weight excluding hydrogens is 198 g/mol. The first-order valence-corrected chi connectivity index (χ1v) is 5.98. The number of aryl methyl sites for hydroxylation is 1. The maximum absolute atomic E-state index is 9.73. The van der Waals surface area contributed by atoms with Crippen molar-refractivity contribution in [2.75, 3.05) is 5.73 Å². The summed E-state index contributed by atoms with van der Waals surface area (Å²) in [5.74, 6) is 0.324. The van der Waals surface area contributed by atoms with Gasteiger partial charge in [-0.05, 0) is 41.5 Å². The smallest absolute Gasteiger partial charge is 0.116 e. The lowest BCUT2D eigenvalue weighted by Crippen LogP contribution is -2.15. The molecular formula is C14H23NO. The summed E-state index contributed by atoms with van der Waals surface area (Å²) >= 11 is 0. The highest BCUT2D eigenvalue weighted by Gasteiger charge is 2.19. The van der Waals surface area contributed by atoms with Gasteiger partial charge in [0.15, 0.2) is 0 Å². The zero-order chi connectivity index (χ0) is 12.3. The molecule has 2 nitrogen and oxygen atoms in total. The number of nitrogen functional groups attached to an aromatic ring is 1. The predicted molar refractivity (Wildman–Crippen MR) is 69.8 cm³/mol. The summed E-state index contributed by atoms with van der Waals surface area (Å²) in [5, 5.41) is 9.73. The predicted octanol–water partition coefficient (Wildman–Crippen LogP) is 3.61. The zero-order valence-corrected chi connectivity index (χ0v) is 10.8. The van der Waals surface area contributed by atoms with E-state index in [9.17, 15) is 5.11 Å². The number of anilines is 1. The van der Waals surface area contributed by atoms with Crippen LogP contribution in [0.3, 0.4) is 0 Å². The second-order valence-electron chi connectivity index (χ2n) is 5.42. The molecule has 1 aromatic carbocycles. The number of hydrogen-bond donors (Lipinski definition) is 2. The minimum Gasteiger partial charge on any atom is -0.508 e. The van der Waals surface area contributed by atoms with Gasteiger partial charge < -0.3 is 10.8 Å². The Morgan fingerprint density at radius 3 is 2.38 bits per heavy atom. The van der Waals surface area contributed by atoms with E-state index in [0.29, 0.717) is 5.75 Å². The number of phenols is 1. The number of hydrogen-bond acceptors (Lipinski definition) is 2. The summed E-state index contributed by atoms with van der Waals surface area (Å²) in [7, 11) is 0. The molecule has 0 saturated heterocycles. The second kappa shape index (κ2) is 4.77. The number of phenolic OH excluding ortho intramolecular Hbond substituents is 1. The molecule has 0 saturated carbocycles. The van der Waals surface area contributed by atoms with Crippen molar-refractivity contribution in [1.29, 1.82) is 0 Å². The highest BCUT2D eigenvalue weighted by Crippen LogP contribution is 2.34. The second-order valence-corrected chi connectivity index (χ2v) is 5.42. The van der Waals surface area contributed by atoms with Gasteiger partial charge in [0.05, 0.1) is 0 Å². The van der Waals surface area contributed by atoms with Crippen molar-refractivity contribution in [3.05, 3.63) is 23.3 Å². The van der Waals surface area contributed by atoms with Crippen LogP contribution >= 0.6 is 0 Å². The van der Waals surface area contributed by atoms with Gasteiger partial charge in [0.2, 0.25) is 0 Å². The molecule has 0 heterocycles. The van der Waals surface area contributed by atoms with Gasteiger partial charge in [-0.3, -0.25) is 0 Å². The summed E-state index contributed by atoms with van der Waals surface area (Å²) in [6.07, 6.45) is 3.19. The molecule has 1 aromatic rings. The van der Waals surface area contributed by atoms with Crippen LogP contribution in [0, 0.1) is 0 Å². The van der Waals surface area contributed by atoms with Crippen molar-refractivity contribution in [3.63, 3.8) is 0 Å². The summed E-state index contributed by atoms with van der Waals surface area (Å²) in [4.78, 5) is 0. The van der Waals surface area contributed by atoms with Crippen LogP contribution in [-0.2, 0) is 11.8 Å². The number of unbranched alkanes of at least 4 members (excludes halogenated alkanes) is 1. The molecule has 0 bridgehead atoms. The number of rotatable bonds is 3. The lowest BCUT2D eigenvalue weighted by Gasteiger charge is -2.23. The molecule has 0 radical (unpaired) electrons. The monoisotopic (exact) mass is 221 g/mol. The number of benzene rings is 1. The van der Waals surface area contributed by atoms with E-state index in [0.717, 1.165) is 36.1 Å². The zero-order valence-electron chi connectivity index (χ0n) is 10.8. The van der Waals surface area contributed by atoms with Crippen LogP contribution < -0.4 is 5.73 Å². The van der Waals surface area contributed by atoms with Crippen molar-refractivity contribution in [2.45, 2.75) is 52.4 Å². The standard InChI is InChI=1S/C14H23NO/c1-5-6-7-10-8-11(16)9-12(13(10)15)14(2,3)4/h8-9,16H,5-7,15H2,1-4H3. The highest BCUT2D eigenvalue weighted by molar-refractivity contribution is 5.59. The van der Waals surface area contributed by atoms with E-state index >= 15 is 0 Å². The average Bonchev–Trinajstić information content (AvgIpc) is 2.17. The maximum atomic E-state index is 9.73. The van der Waals surface area contributed by atoms with Crippen molar-refractivity contribution < 1.29 is 5.11 Å². The van der Waals surface area contributed by atoms with Gasteiger partial charge in [-0.2, -0.15) is 0 Å². The molecule has 3 N–H and O–H groups in total. The molecule has 0 fully saturated rings. The van der Waals surface area contributed by atoms with Crippen LogP contribution in [-0.4, -0.2) is 5.11 Å². The Morgan fingerprint density at radius 1 is 1.25 bits per heavy atom. The molecule has 1 rings (SSSR count). The molecule has 0 amide bonds. The Labute approximate surface area is 98.5 Å². The minimum atomic E-state index is -0.0240. The first kappa shape index (κ1) is 12.9. The van der Waals surface area contributed by atoms with Gasteiger partial charge in [-0.1, -0.05) is 34.1 Å². The van der Waals surface area contributed by atoms with E-state index < -0.39 is 0 Å². The fourth-order valence-corrected chi connectivity index (χ4v) is 1.89. The fourth-order valence-electron chi connectivity index (χ4n) is 1.89. The first-order valence-electron chi connectivity index (χ1n) is 5.98. The van der Waals surface area contributed by atoms with E-state index in [1.807, 2.05) is 0 Å². The van der Waals surface area contributed by atoms with Crippen LogP contribution in [0.4, 0.5) is 5.69 Å². The Hall–Kier alpha value is -1.18. The van der Waals surface area contributed by atoms with Gasteiger partial charge in [0, 0.05) is 5.69 Å². The van der Waals surface area contributed by atoms with Crippen LogP contribution in [0.5, 0.6) is 5.75 Å². The number of nitrogens with two attached hydrogens (primary N) is 1. The van der Waals surface area contributed by atoms with E-state index in [1.165, 1.54) is 0 Å². The molecule has 16 heavy (non-hydrogen) atoms. The molecule has 0 unspecified atom stereocenters. The lowest BCUT2D eigenvalue weighted by molar-refractivity contribution is 0.470. The van der Waals surface area contributed by atoms with E-state index in [1.54, 1.807) is 12.1 Å². The normalized spacial score (nSPS) is 11.8. The maximum Gasteiger partial charge on any atom is 0.116 e. The SMILES string of the molecule is CCCCc1cc(O)cc(C(C)(C)C)c1N. The van der Waals surface area contributed by atoms with Crippen LogP contribution in [0.1, 0.15) is 51.7 Å². The van der Waals surface area contributed by atoms with Gasteiger partial charge in [0.1, 0.15) is 5.75 Å². The molecule has 0 aromatic heterocycles. The third kappa shape index (κ3) is 2.91. The fraction of sp³-hybridized carbons (Fsp3) is 0.571. The van der Waals surface area contributed by atoms with E-state index in [4.69, 9.17) is 5.73 Å². The lowest BCUT2D eigenvalue weighted by atomic mass is 9.84. The Morgan fingerprint density at radius 2 is 1.88 bits per heavy atom. The largest absolute Gasteiger partial charge is 0.508 e. The molecule has 0 aliphatic rings. The van der Waals surface area contributed by atoms with E-state index in [2.05, 4.69) is 27.7 Å². The van der Waals surface area contributed by atoms with Crippen LogP contribution in [0.2, 0.25) is 0 Å². The third-order valence-corrected chi connectivity index (χ3v) is 2.86. The summed E-state index contributed by atoms with van der Waals surface area (Å²) in [6.45, 7) is 8.49. The third-order valence-electron chi connectivity index (χ3n) is 2.86. The Bertz CT molecular complexity index is 364. The average molecular weight is 221 g/mol. The van der Waals surface area contributed by atoms with Crippen LogP contribution in [0.25, 0.3) is 0 Å². The quantitative estimate of drug-likeness (QED) is 0.605. The van der Waals surface area contributed by atoms with E-state index in [-0.39, 0.29) is 5.41 Å². The molecule has 0 aliphatic carbocycles. The highest BCUT2D eigenvalue weighted by atomic mass is 16.3. The Kier molecular flexibility index (Phi) is 3.84. The summed E-state index contributed by atoms with van der Waals surface area (Å²) in [5.41, 5.74) is 9.11. The Balaban J connectivity index is 3.16. The molecule has 0 aliphatic heterocycles.